The number of isocyanates is 2. The van der Waals surface area contributed by atoms with E-state index < -0.39 is 11.6 Å². The Morgan fingerprint density at radius 1 is 0.769 bits per heavy atom. The summed E-state index contributed by atoms with van der Waals surface area (Å²) in [6, 6.07) is 12.0. The molecule has 2 radical (unpaired) electrons. The number of aliphatic imine (C=N–C) groups is 2. The van der Waals surface area contributed by atoms with Gasteiger partial charge in [-0.25, -0.2) is 9.59 Å². The predicted molar refractivity (Wildman–Crippen MR) is 94.9 cm³/mol. The van der Waals surface area contributed by atoms with Crippen LogP contribution in [0.4, 0.5) is 11.4 Å². The van der Waals surface area contributed by atoms with E-state index in [1.807, 2.05) is 0 Å². The van der Waals surface area contributed by atoms with Crippen molar-refractivity contribution in [1.29, 1.82) is 0 Å². The highest BCUT2D eigenvalue weighted by Crippen LogP contribution is 2.24. The van der Waals surface area contributed by atoms with Crippen molar-refractivity contribution in [3.63, 3.8) is 0 Å². The molecule has 0 amide bonds. The second kappa shape index (κ2) is 9.14. The van der Waals surface area contributed by atoms with Gasteiger partial charge in [-0.05, 0) is 55.0 Å². The molecule has 2 rings (SSSR count). The van der Waals surface area contributed by atoms with Crippen LogP contribution in [-0.2, 0) is 9.59 Å². The predicted octanol–water partition coefficient (Wildman–Crippen LogP) is 3.88. The second-order valence-electron chi connectivity index (χ2n) is 5.24. The van der Waals surface area contributed by atoms with Crippen molar-refractivity contribution in [2.45, 2.75) is 12.8 Å². The number of benzene rings is 2. The molecule has 6 heteroatoms. The topological polar surface area (TPSA) is 93.0 Å². The maximum Gasteiger partial charge on any atom is 0.240 e. The fraction of sp³-hybridized carbons (Fsp3) is 0.100. The number of hydrogen-bond donors (Lipinski definition) is 0. The lowest BCUT2D eigenvalue weighted by molar-refractivity contribution is 0.0916. The van der Waals surface area contributed by atoms with E-state index in [1.165, 1.54) is 60.7 Å². The van der Waals surface area contributed by atoms with Gasteiger partial charge >= 0.3 is 0 Å². The van der Waals surface area contributed by atoms with Gasteiger partial charge in [-0.3, -0.25) is 9.59 Å². The Balaban J connectivity index is 2.28. The fourth-order valence-electron chi connectivity index (χ4n) is 2.34. The van der Waals surface area contributed by atoms with Gasteiger partial charge in [0.2, 0.25) is 12.2 Å². The van der Waals surface area contributed by atoms with E-state index >= 15 is 0 Å². The summed E-state index contributed by atoms with van der Waals surface area (Å²) in [5.74, 6) is -0.705. The molecular weight excluding hydrogens is 332 g/mol. The van der Waals surface area contributed by atoms with Crippen LogP contribution in [0, 0.1) is 12.8 Å². The number of Topliss-reactive ketones (excluding diaryl/α,β-unsaturated/α-hetero) is 2. The van der Waals surface area contributed by atoms with Crippen LogP contribution in [0.3, 0.4) is 0 Å². The molecule has 0 fully saturated rings. The maximum absolute atomic E-state index is 12.7. The summed E-state index contributed by atoms with van der Waals surface area (Å²) in [5, 5.41) is 0. The Hall–Kier alpha value is -3.46. The van der Waals surface area contributed by atoms with E-state index in [0.717, 1.165) is 0 Å². The van der Waals surface area contributed by atoms with Crippen LogP contribution < -0.4 is 0 Å². The molecule has 0 saturated carbocycles. The quantitative estimate of drug-likeness (QED) is 0.314. The Labute approximate surface area is 150 Å². The summed E-state index contributed by atoms with van der Waals surface area (Å²) in [6.07, 6.45) is 3.44. The summed E-state index contributed by atoms with van der Waals surface area (Å²) in [7, 11) is 0. The van der Waals surface area contributed by atoms with Gasteiger partial charge in [0, 0.05) is 11.1 Å². The maximum atomic E-state index is 12.7. The monoisotopic (exact) mass is 346 g/mol. The third-order valence-corrected chi connectivity index (χ3v) is 3.58. The van der Waals surface area contributed by atoms with E-state index in [4.69, 9.17) is 0 Å². The molecular formula is C20H14N2O4. The molecule has 0 atom stereocenters. The molecule has 0 N–H and O–H groups in total. The van der Waals surface area contributed by atoms with Crippen molar-refractivity contribution in [2.75, 3.05) is 0 Å². The van der Waals surface area contributed by atoms with E-state index in [-0.39, 0.29) is 12.3 Å². The van der Waals surface area contributed by atoms with Crippen LogP contribution in [0.15, 0.2) is 58.5 Å². The first-order chi connectivity index (χ1) is 12.6. The van der Waals surface area contributed by atoms with Gasteiger partial charge in [0.1, 0.15) is 5.92 Å². The number of carbonyl (C=O) groups is 2. The van der Waals surface area contributed by atoms with Crippen molar-refractivity contribution >= 4 is 35.1 Å². The number of rotatable bonds is 8. The highest BCUT2D eigenvalue weighted by atomic mass is 16.2. The van der Waals surface area contributed by atoms with Crippen molar-refractivity contribution < 1.29 is 19.2 Å². The van der Waals surface area contributed by atoms with Gasteiger partial charge in [0.15, 0.2) is 11.6 Å². The first-order valence-electron chi connectivity index (χ1n) is 7.71. The molecule has 0 unspecified atom stereocenters. The molecule has 26 heavy (non-hydrogen) atoms. The highest BCUT2D eigenvalue weighted by Gasteiger charge is 2.28. The minimum Gasteiger partial charge on any atom is -0.293 e. The van der Waals surface area contributed by atoms with Gasteiger partial charge in [0.25, 0.3) is 0 Å². The molecule has 0 bridgehead atoms. The Kier molecular flexibility index (Phi) is 6.63. The summed E-state index contributed by atoms with van der Waals surface area (Å²) < 4.78 is 0. The Morgan fingerprint density at radius 3 is 1.46 bits per heavy atom. The standard InChI is InChI=1S/C20H14N2O4/c1-2-3-18(19(25)14-4-8-16(9-5-14)21-12-23)20(26)15-6-10-17(11-7-15)22-13-24/h4-11H,1-3H2. The lowest BCUT2D eigenvalue weighted by atomic mass is 9.86. The Morgan fingerprint density at radius 2 is 1.15 bits per heavy atom. The van der Waals surface area contributed by atoms with E-state index in [9.17, 15) is 19.2 Å². The summed E-state index contributed by atoms with van der Waals surface area (Å²) in [5.41, 5.74) is 1.36. The average Bonchev–Trinajstić information content (AvgIpc) is 2.67. The first-order valence-corrected chi connectivity index (χ1v) is 7.71. The van der Waals surface area contributed by atoms with Crippen molar-refractivity contribution in [3.05, 3.63) is 72.5 Å². The van der Waals surface area contributed by atoms with Crippen LogP contribution in [0.5, 0.6) is 0 Å². The molecule has 0 spiro atoms. The van der Waals surface area contributed by atoms with Crippen molar-refractivity contribution in [3.8, 4) is 0 Å². The molecule has 0 aliphatic heterocycles. The number of nitrogens with zero attached hydrogens (tertiary/aromatic N) is 2. The smallest absolute Gasteiger partial charge is 0.240 e. The molecule has 0 heterocycles. The number of carbonyl (C=O) groups excluding carboxylic acids is 4. The molecule has 2 aromatic carbocycles. The van der Waals surface area contributed by atoms with Crippen LogP contribution >= 0.6 is 0 Å². The van der Waals surface area contributed by atoms with Gasteiger partial charge < -0.3 is 0 Å². The molecule has 2 aromatic rings. The molecule has 0 saturated heterocycles. The average molecular weight is 346 g/mol. The van der Waals surface area contributed by atoms with Crippen LogP contribution in [-0.4, -0.2) is 23.7 Å². The third-order valence-electron chi connectivity index (χ3n) is 3.58. The molecule has 0 aromatic heterocycles. The summed E-state index contributed by atoms with van der Waals surface area (Å²) in [6.45, 7) is 3.71. The second-order valence-corrected chi connectivity index (χ2v) is 5.24. The summed E-state index contributed by atoms with van der Waals surface area (Å²) in [4.78, 5) is 52.9. The normalized spacial score (nSPS) is 9.92. The first kappa shape index (κ1) is 18.9. The largest absolute Gasteiger partial charge is 0.293 e. The number of ketones is 2. The van der Waals surface area contributed by atoms with Crippen LogP contribution in [0.2, 0.25) is 0 Å². The lowest BCUT2D eigenvalue weighted by Crippen LogP contribution is -2.22. The third kappa shape index (κ3) is 4.54. The molecule has 128 valence electrons. The lowest BCUT2D eigenvalue weighted by Gasteiger charge is -2.13. The molecule has 0 aliphatic rings. The van der Waals surface area contributed by atoms with Crippen LogP contribution in [0.1, 0.15) is 33.6 Å². The van der Waals surface area contributed by atoms with E-state index in [0.29, 0.717) is 28.9 Å². The highest BCUT2D eigenvalue weighted by molar-refractivity contribution is 6.27. The minimum atomic E-state index is -0.407. The van der Waals surface area contributed by atoms with E-state index in [2.05, 4.69) is 16.9 Å². The SMILES string of the molecule is [CH2]CC[C](C(=O)c1ccc(N=C=O)cc1)C(=O)c1ccc(N=C=O)cc1. The molecule has 0 aliphatic carbocycles. The van der Waals surface area contributed by atoms with Gasteiger partial charge in [0.05, 0.1) is 11.4 Å². The van der Waals surface area contributed by atoms with Gasteiger partial charge in [-0.2, -0.15) is 9.98 Å². The van der Waals surface area contributed by atoms with Crippen molar-refractivity contribution in [2.24, 2.45) is 9.98 Å². The van der Waals surface area contributed by atoms with Crippen LogP contribution in [0.25, 0.3) is 0 Å². The minimum absolute atomic E-state index is 0.110. The van der Waals surface area contributed by atoms with Gasteiger partial charge in [-0.15, -0.1) is 0 Å². The zero-order chi connectivity index (χ0) is 18.9. The Bertz CT molecular complexity index is 815. The zero-order valence-corrected chi connectivity index (χ0v) is 13.8. The fourth-order valence-corrected chi connectivity index (χ4v) is 2.34. The molecule has 6 nitrogen and oxygen atoms in total. The van der Waals surface area contributed by atoms with E-state index in [1.54, 1.807) is 0 Å². The summed E-state index contributed by atoms with van der Waals surface area (Å²) >= 11 is 0. The number of hydrogen-bond acceptors (Lipinski definition) is 6. The van der Waals surface area contributed by atoms with Gasteiger partial charge in [-0.1, -0.05) is 13.3 Å². The zero-order valence-electron chi connectivity index (χ0n) is 13.8. The van der Waals surface area contributed by atoms with Crippen molar-refractivity contribution in [1.82, 2.24) is 0 Å².